The highest BCUT2D eigenvalue weighted by atomic mass is 16.5. The number of aliphatic hydroxyl groups is 3. The Bertz CT molecular complexity index is 1000. The van der Waals surface area contributed by atoms with E-state index in [-0.39, 0.29) is 49.6 Å². The fourth-order valence-electron chi connectivity index (χ4n) is 9.63. The maximum atomic E-state index is 12.7. The van der Waals surface area contributed by atoms with Gasteiger partial charge in [0.15, 0.2) is 0 Å². The van der Waals surface area contributed by atoms with Crippen molar-refractivity contribution in [3.05, 3.63) is 11.6 Å². The molecule has 0 aromatic rings. The van der Waals surface area contributed by atoms with Gasteiger partial charge in [0.1, 0.15) is 6.61 Å². The van der Waals surface area contributed by atoms with E-state index in [0.717, 1.165) is 57.8 Å². The summed E-state index contributed by atoms with van der Waals surface area (Å²) in [6.45, 7) is 8.26. The summed E-state index contributed by atoms with van der Waals surface area (Å²) >= 11 is 0. The van der Waals surface area contributed by atoms with Crippen LogP contribution in [0.25, 0.3) is 0 Å². The molecule has 4 saturated carbocycles. The van der Waals surface area contributed by atoms with Crippen molar-refractivity contribution in [1.29, 1.82) is 0 Å². The largest absolute Gasteiger partial charge is 0.481 e. The lowest BCUT2D eigenvalue weighted by Gasteiger charge is -2.65. The van der Waals surface area contributed by atoms with E-state index in [1.165, 1.54) is 0 Å². The molecule has 10 heteroatoms. The van der Waals surface area contributed by atoms with Crippen LogP contribution in [0.2, 0.25) is 0 Å². The van der Waals surface area contributed by atoms with Crippen LogP contribution >= 0.6 is 0 Å². The molecule has 0 amide bonds. The SMILES string of the molecule is C[C@]12CC[C@H]3[C@@H](CC[C@]4(O)C[C@@H](O)CC[C@]34C(=O)O)[C@@]1(O)CC[C@@H]2C1=CC(=O)OC1.NCCCN1CCOCC1. The first-order chi connectivity index (χ1) is 19.0. The molecule has 8 atom stereocenters. The van der Waals surface area contributed by atoms with Crippen LogP contribution in [-0.2, 0) is 19.1 Å². The topological polar surface area (TPSA) is 163 Å². The first-order valence-electron chi connectivity index (χ1n) is 15.2. The average Bonchev–Trinajstić information content (AvgIpc) is 3.47. The molecule has 1 saturated heterocycles. The van der Waals surface area contributed by atoms with Crippen LogP contribution in [0.15, 0.2) is 11.6 Å². The minimum absolute atomic E-state index is 0.0460. The van der Waals surface area contributed by atoms with E-state index in [9.17, 15) is 30.0 Å². The first-order valence-corrected chi connectivity index (χ1v) is 15.2. The van der Waals surface area contributed by atoms with E-state index < -0.39 is 34.1 Å². The van der Waals surface area contributed by atoms with Crippen molar-refractivity contribution in [2.24, 2.45) is 34.3 Å². The van der Waals surface area contributed by atoms with Crippen molar-refractivity contribution in [2.75, 3.05) is 46.0 Å². The van der Waals surface area contributed by atoms with Gasteiger partial charge in [0.25, 0.3) is 0 Å². The lowest BCUT2D eigenvalue weighted by molar-refractivity contribution is -0.260. The Hall–Kier alpha value is -1.56. The van der Waals surface area contributed by atoms with E-state index >= 15 is 0 Å². The Morgan fingerprint density at radius 1 is 1.07 bits per heavy atom. The molecule has 0 spiro atoms. The number of carboxylic acid groups (broad SMARTS) is 1. The molecule has 2 heterocycles. The zero-order valence-electron chi connectivity index (χ0n) is 23.9. The van der Waals surface area contributed by atoms with Crippen LogP contribution in [0.5, 0.6) is 0 Å². The van der Waals surface area contributed by atoms with Gasteiger partial charge < -0.3 is 35.6 Å². The highest BCUT2D eigenvalue weighted by molar-refractivity contribution is 5.85. The molecular weight excluding hydrogens is 516 g/mol. The zero-order valence-corrected chi connectivity index (χ0v) is 23.9. The van der Waals surface area contributed by atoms with Gasteiger partial charge in [-0.1, -0.05) is 6.92 Å². The smallest absolute Gasteiger partial charge is 0.331 e. The monoisotopic (exact) mass is 564 g/mol. The van der Waals surface area contributed by atoms with Gasteiger partial charge >= 0.3 is 11.9 Å². The number of nitrogens with zero attached hydrogens (tertiary/aromatic N) is 1. The Balaban J connectivity index is 0.000000274. The van der Waals surface area contributed by atoms with Crippen molar-refractivity contribution in [3.63, 3.8) is 0 Å². The number of rotatable bonds is 5. The number of hydrogen-bond acceptors (Lipinski definition) is 9. The number of fused-ring (bicyclic) bond motifs is 5. The third-order valence-electron chi connectivity index (χ3n) is 11.7. The van der Waals surface area contributed by atoms with Crippen molar-refractivity contribution in [2.45, 2.75) is 88.4 Å². The second-order valence-electron chi connectivity index (χ2n) is 13.4. The normalized spacial score (nSPS) is 44.8. The molecule has 0 aromatic heterocycles. The number of ether oxygens (including phenoxy) is 2. The highest BCUT2D eigenvalue weighted by Crippen LogP contribution is 2.70. The second-order valence-corrected chi connectivity index (χ2v) is 13.4. The maximum Gasteiger partial charge on any atom is 0.331 e. The zero-order chi connectivity index (χ0) is 28.8. The number of aliphatic carboxylic acids is 1. The fourth-order valence-corrected chi connectivity index (χ4v) is 9.63. The van der Waals surface area contributed by atoms with Crippen molar-refractivity contribution in [3.8, 4) is 0 Å². The molecule has 0 aromatic carbocycles. The second kappa shape index (κ2) is 11.3. The van der Waals surface area contributed by atoms with E-state index in [0.29, 0.717) is 32.1 Å². The predicted octanol–water partition coefficient (Wildman–Crippen LogP) is 1.45. The Morgan fingerprint density at radius 2 is 1.80 bits per heavy atom. The summed E-state index contributed by atoms with van der Waals surface area (Å²) in [5.74, 6) is -1.82. The molecule has 226 valence electrons. The summed E-state index contributed by atoms with van der Waals surface area (Å²) in [6, 6.07) is 0. The molecule has 2 aliphatic heterocycles. The van der Waals surface area contributed by atoms with Gasteiger partial charge in [0.2, 0.25) is 0 Å². The molecule has 10 nitrogen and oxygen atoms in total. The Labute approximate surface area is 236 Å². The highest BCUT2D eigenvalue weighted by Gasteiger charge is 2.73. The number of carbonyl (C=O) groups excluding carboxylic acids is 1. The van der Waals surface area contributed by atoms with Crippen LogP contribution in [0.4, 0.5) is 0 Å². The molecule has 6 N–H and O–H groups in total. The van der Waals surface area contributed by atoms with Crippen LogP contribution in [-0.4, -0.2) is 101 Å². The standard InChI is InChI=1S/C23H32O7.C7H16N2O/c1-20-6-3-16-17(23(20,29)9-5-15(20)13-10-18(25)30-12-13)4-7-21(28)11-14(24)2-8-22(16,21)19(26)27;8-2-1-3-9-4-6-10-7-5-9/h10,14-17,24,28-29H,2-9,11-12H2,1H3,(H,26,27);1-8H2/t14-,15+,16-,17+,20+,21-,22+,23-;/m0./s1. The molecule has 6 aliphatic rings. The third kappa shape index (κ3) is 4.72. The van der Waals surface area contributed by atoms with Gasteiger partial charge in [-0.25, -0.2) is 4.79 Å². The minimum Gasteiger partial charge on any atom is -0.481 e. The summed E-state index contributed by atoms with van der Waals surface area (Å²) in [7, 11) is 0. The number of hydrogen-bond donors (Lipinski definition) is 5. The summed E-state index contributed by atoms with van der Waals surface area (Å²) in [6.07, 6.45) is 6.11. The lowest BCUT2D eigenvalue weighted by Crippen LogP contribution is -2.70. The van der Waals surface area contributed by atoms with Gasteiger partial charge in [0.05, 0.1) is 35.9 Å². The molecule has 40 heavy (non-hydrogen) atoms. The molecule has 6 rings (SSSR count). The minimum atomic E-state index is -1.44. The maximum absolute atomic E-state index is 12.7. The summed E-state index contributed by atoms with van der Waals surface area (Å²) in [5.41, 5.74) is 2.09. The number of esters is 1. The number of carbonyl (C=O) groups is 2. The van der Waals surface area contributed by atoms with Gasteiger partial charge in [-0.3, -0.25) is 9.69 Å². The molecule has 0 unspecified atom stereocenters. The van der Waals surface area contributed by atoms with Crippen molar-refractivity contribution < 1.29 is 39.5 Å². The molecule has 0 radical (unpaired) electrons. The lowest BCUT2D eigenvalue weighted by atomic mass is 9.41. The number of carboxylic acids is 1. The van der Waals surface area contributed by atoms with E-state index in [1.54, 1.807) is 6.08 Å². The summed E-state index contributed by atoms with van der Waals surface area (Å²) in [4.78, 5) is 26.7. The summed E-state index contributed by atoms with van der Waals surface area (Å²) < 4.78 is 10.3. The van der Waals surface area contributed by atoms with Crippen LogP contribution < -0.4 is 5.73 Å². The molecular formula is C30H48N2O8. The molecule has 4 aliphatic carbocycles. The van der Waals surface area contributed by atoms with Crippen LogP contribution in [0.3, 0.4) is 0 Å². The molecule has 0 bridgehead atoms. The number of cyclic esters (lactones) is 1. The average molecular weight is 565 g/mol. The van der Waals surface area contributed by atoms with Crippen LogP contribution in [0, 0.1) is 28.6 Å². The number of aliphatic hydroxyl groups excluding tert-OH is 1. The van der Waals surface area contributed by atoms with Crippen molar-refractivity contribution >= 4 is 11.9 Å². The Kier molecular flexibility index (Phi) is 8.42. The van der Waals surface area contributed by atoms with Crippen molar-refractivity contribution in [1.82, 2.24) is 4.90 Å². The summed E-state index contributed by atoms with van der Waals surface area (Å²) in [5, 5.41) is 44.1. The third-order valence-corrected chi connectivity index (χ3v) is 11.7. The van der Waals surface area contributed by atoms with Gasteiger partial charge in [-0.05, 0) is 94.2 Å². The fraction of sp³-hybridized carbons (Fsp3) is 0.867. The number of morpholine rings is 1. The Morgan fingerprint density at radius 3 is 2.45 bits per heavy atom. The molecule has 5 fully saturated rings. The van der Waals surface area contributed by atoms with Gasteiger partial charge in [0, 0.05) is 31.0 Å². The quantitative estimate of drug-likeness (QED) is 0.309. The van der Waals surface area contributed by atoms with Crippen LogP contribution in [0.1, 0.15) is 71.1 Å². The first kappa shape index (κ1) is 29.9. The van der Waals surface area contributed by atoms with E-state index in [2.05, 4.69) is 11.8 Å². The number of nitrogens with two attached hydrogens (primary N) is 1. The van der Waals surface area contributed by atoms with Gasteiger partial charge in [-0.2, -0.15) is 0 Å². The van der Waals surface area contributed by atoms with Gasteiger partial charge in [-0.15, -0.1) is 0 Å². The predicted molar refractivity (Wildman–Crippen MR) is 146 cm³/mol. The van der Waals surface area contributed by atoms with E-state index in [1.807, 2.05) is 0 Å². The van der Waals surface area contributed by atoms with E-state index in [4.69, 9.17) is 15.2 Å².